The molecule has 2 N–H and O–H groups in total. The van der Waals surface area contributed by atoms with Crippen molar-refractivity contribution in [3.63, 3.8) is 0 Å². The molecule has 0 bridgehead atoms. The van der Waals surface area contributed by atoms with Gasteiger partial charge in [-0.05, 0) is 43.5 Å². The molecule has 184 valence electrons. The number of nitrogens with one attached hydrogen (secondary N) is 2. The van der Waals surface area contributed by atoms with E-state index in [1.54, 1.807) is 0 Å². The summed E-state index contributed by atoms with van der Waals surface area (Å²) in [4.78, 5) is 9.64. The van der Waals surface area contributed by atoms with Gasteiger partial charge in [-0.1, -0.05) is 6.08 Å². The number of thiophene rings is 1. The third kappa shape index (κ3) is 4.03. The number of likely N-dealkylation sites (N-methyl/N-ethyl adjacent to an activating group) is 1. The van der Waals surface area contributed by atoms with E-state index < -0.39 is 10.0 Å². The lowest BCUT2D eigenvalue weighted by Gasteiger charge is -2.29. The first-order valence-electron chi connectivity index (χ1n) is 11.8. The molecule has 1 fully saturated rings. The lowest BCUT2D eigenvalue weighted by atomic mass is 10.1. The van der Waals surface area contributed by atoms with Crippen molar-refractivity contribution in [3.05, 3.63) is 41.5 Å². The van der Waals surface area contributed by atoms with Crippen molar-refractivity contribution in [2.75, 3.05) is 45.1 Å². The minimum Gasteiger partial charge on any atom is -0.329 e. The number of imidazole rings is 1. The lowest BCUT2D eigenvalue weighted by molar-refractivity contribution is 0.310. The monoisotopic (exact) mass is 512 g/mol. The molecule has 10 nitrogen and oxygen atoms in total. The number of hydrazone groups is 1. The molecule has 1 atom stereocenters. The largest absolute Gasteiger partial charge is 0.329 e. The fraction of sp³-hybridized carbons (Fsp3) is 0.435. The highest BCUT2D eigenvalue weighted by atomic mass is 32.2. The number of rotatable bonds is 6. The quantitative estimate of drug-likeness (QED) is 0.523. The first kappa shape index (κ1) is 22.7. The highest BCUT2D eigenvalue weighted by Crippen LogP contribution is 2.36. The second-order valence-electron chi connectivity index (χ2n) is 9.22. The summed E-state index contributed by atoms with van der Waals surface area (Å²) in [5, 5.41) is 13.9. The van der Waals surface area contributed by atoms with E-state index in [9.17, 15) is 8.42 Å². The van der Waals surface area contributed by atoms with Crippen molar-refractivity contribution < 1.29 is 8.42 Å². The van der Waals surface area contributed by atoms with Crippen molar-refractivity contribution in [1.29, 1.82) is 0 Å². The number of aromatic nitrogens is 3. The number of fused-ring (bicyclic) bond motifs is 1. The number of sulfonamides is 1. The van der Waals surface area contributed by atoms with E-state index in [-0.39, 0.29) is 5.92 Å². The second-order valence-corrected chi connectivity index (χ2v) is 12.4. The van der Waals surface area contributed by atoms with Gasteiger partial charge < -0.3 is 10.6 Å². The Morgan fingerprint density at radius 2 is 2.14 bits per heavy atom. The number of aryl methyl sites for hydroxylation is 1. The molecule has 6 heterocycles. The topological polar surface area (TPSA) is 107 Å². The fourth-order valence-electron chi connectivity index (χ4n) is 4.65. The normalized spacial score (nSPS) is 20.9. The molecule has 0 radical (unpaired) electrons. The molecule has 6 rings (SSSR count). The van der Waals surface area contributed by atoms with Gasteiger partial charge in [0.25, 0.3) is 10.0 Å². The summed E-state index contributed by atoms with van der Waals surface area (Å²) in [6.45, 7) is 5.53. The van der Waals surface area contributed by atoms with Crippen molar-refractivity contribution in [3.8, 4) is 0 Å². The van der Waals surface area contributed by atoms with Gasteiger partial charge in [-0.2, -0.15) is 9.41 Å². The molecule has 0 saturated carbocycles. The van der Waals surface area contributed by atoms with Gasteiger partial charge in [0.15, 0.2) is 11.5 Å². The molecule has 3 aromatic heterocycles. The van der Waals surface area contributed by atoms with Gasteiger partial charge in [-0.25, -0.2) is 18.4 Å². The van der Waals surface area contributed by atoms with Crippen LogP contribution >= 0.6 is 11.3 Å². The van der Waals surface area contributed by atoms with Crippen molar-refractivity contribution in [2.45, 2.75) is 29.9 Å². The summed E-state index contributed by atoms with van der Waals surface area (Å²) in [5.41, 5.74) is 4.50. The third-order valence-electron chi connectivity index (χ3n) is 6.66. The van der Waals surface area contributed by atoms with E-state index in [1.807, 2.05) is 43.7 Å². The zero-order valence-corrected chi connectivity index (χ0v) is 21.4. The van der Waals surface area contributed by atoms with Crippen molar-refractivity contribution in [2.24, 2.45) is 5.10 Å². The summed E-state index contributed by atoms with van der Waals surface area (Å²) in [5.74, 6) is 0.742. The number of anilines is 2. The predicted octanol–water partition coefficient (Wildman–Crippen LogP) is 2.63. The zero-order valence-electron chi connectivity index (χ0n) is 19.7. The first-order valence-corrected chi connectivity index (χ1v) is 14.1. The van der Waals surface area contributed by atoms with Gasteiger partial charge in [0.05, 0.1) is 28.5 Å². The van der Waals surface area contributed by atoms with Crippen LogP contribution in [0, 0.1) is 6.92 Å². The van der Waals surface area contributed by atoms with Crippen LogP contribution in [0.15, 0.2) is 33.8 Å². The van der Waals surface area contributed by atoms with E-state index in [0.29, 0.717) is 28.8 Å². The van der Waals surface area contributed by atoms with Crippen LogP contribution in [0.1, 0.15) is 35.7 Å². The zero-order chi connectivity index (χ0) is 24.2. The van der Waals surface area contributed by atoms with Crippen LogP contribution in [0.5, 0.6) is 0 Å². The highest BCUT2D eigenvalue weighted by Gasteiger charge is 2.32. The van der Waals surface area contributed by atoms with Crippen LogP contribution in [0.4, 0.5) is 10.8 Å². The molecule has 0 amide bonds. The molecule has 3 aliphatic rings. The van der Waals surface area contributed by atoms with Crippen molar-refractivity contribution in [1.82, 2.24) is 29.0 Å². The van der Waals surface area contributed by atoms with Crippen LogP contribution in [-0.2, 0) is 10.0 Å². The van der Waals surface area contributed by atoms with Crippen LogP contribution in [0.2, 0.25) is 0 Å². The predicted molar refractivity (Wildman–Crippen MR) is 138 cm³/mol. The Bertz CT molecular complexity index is 1450. The molecular formula is C23H28N8O2S2. The van der Waals surface area contributed by atoms with Gasteiger partial charge >= 0.3 is 0 Å². The summed E-state index contributed by atoms with van der Waals surface area (Å²) in [6.07, 6.45) is 9.98. The Labute approximate surface area is 208 Å². The Morgan fingerprint density at radius 1 is 1.29 bits per heavy atom. The maximum Gasteiger partial charge on any atom is 0.252 e. The molecular weight excluding hydrogens is 484 g/mol. The van der Waals surface area contributed by atoms with Gasteiger partial charge in [0, 0.05) is 45.6 Å². The number of nitrogens with zero attached hydrogens (tertiary/aromatic N) is 6. The molecule has 35 heavy (non-hydrogen) atoms. The van der Waals surface area contributed by atoms with Gasteiger partial charge in [0.2, 0.25) is 0 Å². The molecule has 3 aliphatic heterocycles. The van der Waals surface area contributed by atoms with Crippen molar-refractivity contribution >= 4 is 49.6 Å². The van der Waals surface area contributed by atoms with Gasteiger partial charge in [-0.15, -0.1) is 11.3 Å². The Morgan fingerprint density at radius 3 is 2.83 bits per heavy atom. The Kier molecular flexibility index (Phi) is 5.63. The molecule has 0 spiro atoms. The molecule has 0 aliphatic carbocycles. The summed E-state index contributed by atoms with van der Waals surface area (Å²) >= 11 is 1.25. The SMILES string of the molecule is Cc1cc(Nc2nc(C3=CCCNC3)cn3c(C4C=NN(C)C4)cnc23)sc1S(=O)(=O)N1CCC1. The molecule has 1 unspecified atom stereocenters. The Balaban J connectivity index is 1.41. The van der Waals surface area contributed by atoms with Gasteiger partial charge in [-0.3, -0.25) is 9.41 Å². The maximum atomic E-state index is 13.0. The summed E-state index contributed by atoms with van der Waals surface area (Å²) in [7, 11) is -1.49. The molecule has 1 saturated heterocycles. The van der Waals surface area contributed by atoms with E-state index in [4.69, 9.17) is 9.97 Å². The van der Waals surface area contributed by atoms with Crippen LogP contribution in [0.3, 0.4) is 0 Å². The minimum atomic E-state index is -3.45. The van der Waals surface area contributed by atoms with E-state index in [2.05, 4.69) is 26.2 Å². The van der Waals surface area contributed by atoms with Gasteiger partial charge in [0.1, 0.15) is 4.21 Å². The standard InChI is InChI=1S/C23H28N8O2S2/c1-15-9-20(34-23(15)35(32,33)30-7-4-8-30)28-21-22-25-12-19(17-11-26-29(2)13-17)31(22)14-18(27-21)16-5-3-6-24-10-16/h5,9,11-12,14,17,24H,3-4,6-8,10,13H2,1-2H3,(H,27,28). The van der Waals surface area contributed by atoms with Crippen LogP contribution in [-0.4, -0.2) is 78.1 Å². The fourth-order valence-corrected chi connectivity index (χ4v) is 7.90. The van der Waals surface area contributed by atoms with Crippen LogP contribution in [0.25, 0.3) is 11.2 Å². The highest BCUT2D eigenvalue weighted by molar-refractivity contribution is 7.91. The van der Waals surface area contributed by atoms with E-state index >= 15 is 0 Å². The smallest absolute Gasteiger partial charge is 0.252 e. The average Bonchev–Trinajstić information content (AvgIpc) is 3.51. The maximum absolute atomic E-state index is 13.0. The number of hydrogen-bond acceptors (Lipinski definition) is 9. The third-order valence-corrected chi connectivity index (χ3v) is 10.3. The first-order chi connectivity index (χ1) is 16.9. The van der Waals surface area contributed by atoms with E-state index in [0.717, 1.165) is 60.0 Å². The van der Waals surface area contributed by atoms with Crippen LogP contribution < -0.4 is 10.6 Å². The number of hydrogen-bond donors (Lipinski definition) is 2. The van der Waals surface area contributed by atoms with E-state index in [1.165, 1.54) is 15.6 Å². The second kappa shape index (κ2) is 8.70. The lowest BCUT2D eigenvalue weighted by Crippen LogP contribution is -2.41. The summed E-state index contributed by atoms with van der Waals surface area (Å²) in [6, 6.07) is 1.88. The average molecular weight is 513 g/mol. The molecule has 3 aromatic rings. The minimum absolute atomic E-state index is 0.133. The summed E-state index contributed by atoms with van der Waals surface area (Å²) < 4.78 is 30.0. The molecule has 0 aromatic carbocycles. The molecule has 12 heteroatoms. The Hall–Kier alpha value is -2.80.